The lowest BCUT2D eigenvalue weighted by Gasteiger charge is -2.28. The minimum Gasteiger partial charge on any atom is -0.451 e. The molecular weight excluding hydrogens is 394 g/mol. The first-order chi connectivity index (χ1) is 15.0. The van der Waals surface area contributed by atoms with Crippen molar-refractivity contribution in [1.29, 1.82) is 0 Å². The van der Waals surface area contributed by atoms with E-state index in [2.05, 4.69) is 4.98 Å². The van der Waals surface area contributed by atoms with Gasteiger partial charge < -0.3 is 13.9 Å². The summed E-state index contributed by atoms with van der Waals surface area (Å²) < 4.78 is 7.66. The van der Waals surface area contributed by atoms with Crippen LogP contribution in [0.25, 0.3) is 27.6 Å². The van der Waals surface area contributed by atoms with Crippen LogP contribution in [0.1, 0.15) is 22.8 Å². The summed E-state index contributed by atoms with van der Waals surface area (Å²) in [5.41, 5.74) is 1.69. The van der Waals surface area contributed by atoms with E-state index in [9.17, 15) is 14.4 Å². The Morgan fingerprint density at radius 2 is 1.77 bits per heavy atom. The zero-order valence-electron chi connectivity index (χ0n) is 16.9. The summed E-state index contributed by atoms with van der Waals surface area (Å²) in [6.07, 6.45) is 2.53. The van der Waals surface area contributed by atoms with Gasteiger partial charge in [-0.15, -0.1) is 0 Å². The van der Waals surface area contributed by atoms with Gasteiger partial charge in [-0.25, -0.2) is 0 Å². The molecule has 3 heterocycles. The van der Waals surface area contributed by atoms with Crippen molar-refractivity contribution in [1.82, 2.24) is 14.5 Å². The highest BCUT2D eigenvalue weighted by Gasteiger charge is 2.23. The first-order valence-electron chi connectivity index (χ1n) is 10.0. The van der Waals surface area contributed by atoms with Crippen molar-refractivity contribution < 1.29 is 9.21 Å². The molecule has 2 aromatic carbocycles. The molecular formula is C24H19N3O4. The monoisotopic (exact) mass is 413 g/mol. The van der Waals surface area contributed by atoms with Crippen LogP contribution in [0.4, 0.5) is 0 Å². The lowest BCUT2D eigenvalue weighted by Crippen LogP contribution is -2.36. The maximum Gasteiger partial charge on any atom is 0.290 e. The minimum absolute atomic E-state index is 0.0345. The molecule has 0 radical (unpaired) electrons. The second kappa shape index (κ2) is 7.36. The molecule has 0 saturated carbocycles. The quantitative estimate of drug-likeness (QED) is 0.504. The van der Waals surface area contributed by atoms with Gasteiger partial charge in [-0.2, -0.15) is 4.98 Å². The van der Waals surface area contributed by atoms with Gasteiger partial charge in [-0.3, -0.25) is 14.4 Å². The second-order valence-corrected chi connectivity index (χ2v) is 7.48. The van der Waals surface area contributed by atoms with E-state index >= 15 is 0 Å². The third kappa shape index (κ3) is 3.24. The topological polar surface area (TPSA) is 85.4 Å². The molecule has 154 valence electrons. The normalized spacial score (nSPS) is 14.1. The molecule has 7 heteroatoms. The third-order valence-corrected chi connectivity index (χ3v) is 5.57. The van der Waals surface area contributed by atoms with Gasteiger partial charge in [0.1, 0.15) is 11.4 Å². The fourth-order valence-electron chi connectivity index (χ4n) is 4.05. The first kappa shape index (κ1) is 19.0. The van der Waals surface area contributed by atoms with E-state index < -0.39 is 0 Å². The van der Waals surface area contributed by atoms with Gasteiger partial charge in [0.25, 0.3) is 11.5 Å². The summed E-state index contributed by atoms with van der Waals surface area (Å²) in [5.74, 6) is 0.320. The molecule has 4 aromatic rings. The summed E-state index contributed by atoms with van der Waals surface area (Å²) in [6, 6.07) is 15.5. The Morgan fingerprint density at radius 1 is 1.03 bits per heavy atom. The number of nitrogens with zero attached hydrogens (tertiary/aromatic N) is 3. The molecule has 1 aliphatic rings. The van der Waals surface area contributed by atoms with Crippen LogP contribution in [0.5, 0.6) is 0 Å². The average Bonchev–Trinajstić information content (AvgIpc) is 2.79. The third-order valence-electron chi connectivity index (χ3n) is 5.57. The molecule has 2 aromatic heterocycles. The molecule has 1 aliphatic heterocycles. The fourth-order valence-corrected chi connectivity index (χ4v) is 4.05. The number of hydrogen-bond donors (Lipinski definition) is 0. The predicted octanol–water partition coefficient (Wildman–Crippen LogP) is 3.20. The number of rotatable bonds is 2. The summed E-state index contributed by atoms with van der Waals surface area (Å²) in [4.78, 5) is 43.3. The van der Waals surface area contributed by atoms with Gasteiger partial charge in [0.2, 0.25) is 0 Å². The van der Waals surface area contributed by atoms with E-state index in [1.807, 2.05) is 28.8 Å². The Hall–Kier alpha value is -4.00. The summed E-state index contributed by atoms with van der Waals surface area (Å²) in [5, 5.41) is 1.01. The Bertz CT molecular complexity index is 1500. The molecule has 0 aliphatic carbocycles. The van der Waals surface area contributed by atoms with Crippen LogP contribution in [0.3, 0.4) is 0 Å². The van der Waals surface area contributed by atoms with Gasteiger partial charge in [0.05, 0.1) is 16.3 Å². The van der Waals surface area contributed by atoms with Crippen LogP contribution in [0.15, 0.2) is 74.7 Å². The van der Waals surface area contributed by atoms with Crippen LogP contribution < -0.4 is 11.0 Å². The van der Waals surface area contributed by atoms with E-state index in [-0.39, 0.29) is 22.7 Å². The Morgan fingerprint density at radius 3 is 2.55 bits per heavy atom. The van der Waals surface area contributed by atoms with E-state index in [0.717, 1.165) is 11.2 Å². The van der Waals surface area contributed by atoms with E-state index in [4.69, 9.17) is 4.42 Å². The van der Waals surface area contributed by atoms with Crippen LogP contribution >= 0.6 is 0 Å². The lowest BCUT2D eigenvalue weighted by molar-refractivity contribution is 0.0741. The number of carbonyl (C=O) groups is 1. The number of carbonyl (C=O) groups excluding carboxylic acids is 1. The number of amides is 1. The molecule has 7 nitrogen and oxygen atoms in total. The number of fused-ring (bicyclic) bond motifs is 2. The highest BCUT2D eigenvalue weighted by Crippen LogP contribution is 2.23. The summed E-state index contributed by atoms with van der Waals surface area (Å²) >= 11 is 0. The number of hydrogen-bond acceptors (Lipinski definition) is 5. The minimum atomic E-state index is -0.322. The van der Waals surface area contributed by atoms with Crippen molar-refractivity contribution in [2.24, 2.45) is 0 Å². The van der Waals surface area contributed by atoms with Gasteiger partial charge >= 0.3 is 0 Å². The molecule has 0 N–H and O–H groups in total. The average molecular weight is 413 g/mol. The highest BCUT2D eigenvalue weighted by atomic mass is 16.3. The molecule has 5 rings (SSSR count). The number of aryl methyl sites for hydroxylation is 1. The molecule has 0 spiro atoms. The van der Waals surface area contributed by atoms with Crippen molar-refractivity contribution in [2.45, 2.75) is 13.3 Å². The molecule has 31 heavy (non-hydrogen) atoms. The van der Waals surface area contributed by atoms with Crippen LogP contribution in [-0.2, 0) is 0 Å². The summed E-state index contributed by atoms with van der Waals surface area (Å²) in [7, 11) is 0. The predicted molar refractivity (Wildman–Crippen MR) is 118 cm³/mol. The van der Waals surface area contributed by atoms with E-state index in [0.29, 0.717) is 41.7 Å². The number of para-hydroxylation sites is 2. The smallest absolute Gasteiger partial charge is 0.290 e. The first-order valence-corrected chi connectivity index (χ1v) is 10.0. The van der Waals surface area contributed by atoms with Gasteiger partial charge in [-0.05, 0) is 37.3 Å². The maximum absolute atomic E-state index is 13.0. The van der Waals surface area contributed by atoms with Crippen molar-refractivity contribution in [2.75, 3.05) is 13.1 Å². The SMILES string of the molecule is Cc1nc(=O)c2ccccc2n1C1=CCN(C(=O)c2cc(=O)c3ccccc3o2)CC1. The van der Waals surface area contributed by atoms with Crippen molar-refractivity contribution in [3.63, 3.8) is 0 Å². The lowest BCUT2D eigenvalue weighted by atomic mass is 10.1. The fraction of sp³-hybridized carbons (Fsp3) is 0.167. The van der Waals surface area contributed by atoms with Crippen LogP contribution in [-0.4, -0.2) is 33.4 Å². The van der Waals surface area contributed by atoms with E-state index in [1.54, 1.807) is 42.2 Å². The molecule has 0 saturated heterocycles. The molecule has 0 bridgehead atoms. The standard InChI is InChI=1S/C24H19N3O4/c1-15-25-23(29)17-6-2-4-8-19(17)27(15)16-10-12-26(13-11-16)24(30)22-14-20(28)18-7-3-5-9-21(18)31-22/h2-10,14H,11-13H2,1H3. The van der Waals surface area contributed by atoms with Crippen LogP contribution in [0.2, 0.25) is 0 Å². The van der Waals surface area contributed by atoms with Gasteiger partial charge in [0, 0.05) is 31.3 Å². The molecule has 1 amide bonds. The van der Waals surface area contributed by atoms with Gasteiger partial charge in [0.15, 0.2) is 11.2 Å². The Kier molecular flexibility index (Phi) is 4.51. The summed E-state index contributed by atoms with van der Waals surface area (Å²) in [6.45, 7) is 2.63. The Balaban J connectivity index is 1.47. The van der Waals surface area contributed by atoms with Crippen molar-refractivity contribution in [3.8, 4) is 0 Å². The zero-order valence-corrected chi connectivity index (χ0v) is 16.9. The van der Waals surface area contributed by atoms with Crippen molar-refractivity contribution in [3.05, 3.63) is 92.8 Å². The number of benzene rings is 2. The van der Waals surface area contributed by atoms with Crippen molar-refractivity contribution >= 4 is 33.5 Å². The van der Waals surface area contributed by atoms with E-state index in [1.165, 1.54) is 6.07 Å². The molecule has 0 fully saturated rings. The van der Waals surface area contributed by atoms with Crippen LogP contribution in [0, 0.1) is 6.92 Å². The maximum atomic E-state index is 13.0. The number of aromatic nitrogens is 2. The highest BCUT2D eigenvalue weighted by molar-refractivity contribution is 5.93. The zero-order chi connectivity index (χ0) is 21.5. The largest absolute Gasteiger partial charge is 0.451 e. The van der Waals surface area contributed by atoms with Gasteiger partial charge in [-0.1, -0.05) is 24.3 Å². The Labute approximate surface area is 176 Å². The molecule has 0 unspecified atom stereocenters. The molecule has 0 atom stereocenters. The second-order valence-electron chi connectivity index (χ2n) is 7.48.